The third-order valence-corrected chi connectivity index (χ3v) is 10.3. The summed E-state index contributed by atoms with van der Waals surface area (Å²) in [5, 5.41) is 44.3. The van der Waals surface area contributed by atoms with E-state index in [1.807, 2.05) is 0 Å². The van der Waals surface area contributed by atoms with Gasteiger partial charge in [0.25, 0.3) is 20.4 Å². The molecule has 5 N–H and O–H groups in total. The average molecular weight is 932 g/mol. The Kier molecular flexibility index (Phi) is 22.7. The van der Waals surface area contributed by atoms with Crippen LogP contribution in [0.2, 0.25) is 0 Å². The summed E-state index contributed by atoms with van der Waals surface area (Å²) in [6.45, 7) is 13.3. The number of sulfonamides is 1. The Morgan fingerprint density at radius 2 is 1.18 bits per heavy atom. The number of carboxylic acids is 2. The van der Waals surface area contributed by atoms with Gasteiger partial charge >= 0.3 is 24.1 Å². The normalized spacial score (nSPS) is 12.5. The molecule has 2 rings (SSSR count). The zero-order valence-electron chi connectivity index (χ0n) is 33.3. The van der Waals surface area contributed by atoms with Gasteiger partial charge in [0.1, 0.15) is 23.3 Å². The third kappa shape index (κ3) is 21.2. The van der Waals surface area contributed by atoms with Crippen LogP contribution in [0.15, 0.2) is 71.0 Å². The molecule has 0 bridgehead atoms. The maximum absolute atomic E-state index is 13.1. The summed E-state index contributed by atoms with van der Waals surface area (Å²) in [4.78, 5) is 66.8. The van der Waals surface area contributed by atoms with Crippen LogP contribution in [0, 0.1) is 20.2 Å². The number of aliphatic carboxylic acids is 2. The van der Waals surface area contributed by atoms with E-state index in [4.69, 9.17) is 37.0 Å². The summed E-state index contributed by atoms with van der Waals surface area (Å²) in [6.07, 6.45) is -0.121. The Balaban J connectivity index is 0.000000995. The molecule has 0 spiro atoms. The molecule has 0 radical (unpaired) electrons. The number of hydrogen-bond acceptors (Lipinski definition) is 15. The van der Waals surface area contributed by atoms with Crippen LogP contribution in [0.3, 0.4) is 0 Å². The van der Waals surface area contributed by atoms with E-state index >= 15 is 0 Å². The summed E-state index contributed by atoms with van der Waals surface area (Å²) in [6, 6.07) is 7.33. The van der Waals surface area contributed by atoms with Crippen LogP contribution in [0.25, 0.3) is 0 Å². The summed E-state index contributed by atoms with van der Waals surface area (Å²) in [5.41, 5.74) is -2.61. The number of carbonyl (C=O) groups is 4. The van der Waals surface area contributed by atoms with E-state index in [0.29, 0.717) is 0 Å². The first kappa shape index (κ1) is 54.9. The van der Waals surface area contributed by atoms with Crippen LogP contribution < -0.4 is 15.5 Å². The van der Waals surface area contributed by atoms with Crippen LogP contribution in [-0.4, -0.2) is 108 Å². The van der Waals surface area contributed by atoms with E-state index in [9.17, 15) is 61.3 Å². The van der Waals surface area contributed by atoms with Gasteiger partial charge in [-0.1, -0.05) is 30.3 Å². The number of nitrogens with one attached hydrogen (secondary N) is 3. The van der Waals surface area contributed by atoms with Crippen molar-refractivity contribution in [3.63, 3.8) is 0 Å². The molecule has 0 saturated heterocycles. The summed E-state index contributed by atoms with van der Waals surface area (Å²) in [5.74, 6) is -2.50. The van der Waals surface area contributed by atoms with Crippen molar-refractivity contribution in [1.82, 2.24) is 19.8 Å². The summed E-state index contributed by atoms with van der Waals surface area (Å²) >= 11 is 5.21. The number of carboxylic acid groups (broad SMARTS) is 2. The minimum atomic E-state index is -4.32. The molecule has 60 heavy (non-hydrogen) atoms. The first-order valence-corrected chi connectivity index (χ1v) is 21.4. The van der Waals surface area contributed by atoms with Crippen LogP contribution in [-0.2, 0) is 38.1 Å². The fourth-order valence-electron chi connectivity index (χ4n) is 4.25. The number of nitro benzene ring substituents is 2. The maximum Gasteiger partial charge on any atom is 0.408 e. The number of benzene rings is 2. The predicted molar refractivity (Wildman–Crippen MR) is 217 cm³/mol. The number of para-hydroxylation sites is 2. The van der Waals surface area contributed by atoms with Gasteiger partial charge in [0.2, 0.25) is 10.0 Å². The highest BCUT2D eigenvalue weighted by Crippen LogP contribution is 2.27. The number of nitro groups is 2. The summed E-state index contributed by atoms with van der Waals surface area (Å²) < 4.78 is 58.7. The van der Waals surface area contributed by atoms with Crippen molar-refractivity contribution >= 4 is 77.0 Å². The number of halogens is 2. The van der Waals surface area contributed by atoms with Gasteiger partial charge in [-0.05, 0) is 84.7 Å². The molecular formula is C34H48Cl2N6O16S2. The van der Waals surface area contributed by atoms with E-state index in [1.54, 1.807) is 41.5 Å². The molecule has 0 unspecified atom stereocenters. The van der Waals surface area contributed by atoms with Crippen molar-refractivity contribution in [3.05, 3.63) is 81.4 Å². The quantitative estimate of drug-likeness (QED) is 0.0424. The largest absolute Gasteiger partial charge is 0.480 e. The second kappa shape index (κ2) is 24.8. The number of alkyl carbamates (subject to hydrolysis) is 2. The van der Waals surface area contributed by atoms with E-state index in [2.05, 4.69) is 22.0 Å². The van der Waals surface area contributed by atoms with Crippen LogP contribution in [0.5, 0.6) is 0 Å². The number of nitrogens with zero attached hydrogens (tertiary/aromatic N) is 3. The van der Waals surface area contributed by atoms with Crippen LogP contribution >= 0.6 is 22.5 Å². The number of rotatable bonds is 18. The lowest BCUT2D eigenvalue weighted by Crippen LogP contribution is -2.45. The highest BCUT2D eigenvalue weighted by Gasteiger charge is 2.33. The fraction of sp³-hybridized carbons (Fsp3) is 0.471. The molecule has 0 aromatic heterocycles. The van der Waals surface area contributed by atoms with Crippen molar-refractivity contribution < 1.29 is 65.5 Å². The van der Waals surface area contributed by atoms with Gasteiger partial charge in [0, 0.05) is 42.4 Å². The van der Waals surface area contributed by atoms with Gasteiger partial charge in [-0.3, -0.25) is 20.2 Å². The van der Waals surface area contributed by atoms with E-state index in [1.165, 1.54) is 30.3 Å². The smallest absolute Gasteiger partial charge is 0.408 e. The van der Waals surface area contributed by atoms with Gasteiger partial charge in [0.05, 0.1) is 9.85 Å². The van der Waals surface area contributed by atoms with Crippen molar-refractivity contribution in [2.75, 3.05) is 19.6 Å². The SMILES string of the molecule is C=CCCN(CC[C@H](NC(=O)OC(C)(C)C)C(=O)O)S(=O)(=O)c1ccccc1[N+](=O)[O-].CC(C)(C)OC(=O)N[C@@H](CCNCl)C(=O)O.O=[N+]([O-])c1ccccc1S(=O)(=O)Cl. The lowest BCUT2D eigenvalue weighted by molar-refractivity contribution is -0.388. The fourth-order valence-corrected chi connectivity index (χ4v) is 7.01. The van der Waals surface area contributed by atoms with Gasteiger partial charge in [-0.25, -0.2) is 40.8 Å². The lowest BCUT2D eigenvalue weighted by Gasteiger charge is -2.25. The molecule has 2 aromatic carbocycles. The Hall–Kier alpha value is -5.14. The molecular weight excluding hydrogens is 883 g/mol. The highest BCUT2D eigenvalue weighted by atomic mass is 35.7. The van der Waals surface area contributed by atoms with Crippen molar-refractivity contribution in [3.8, 4) is 0 Å². The molecule has 26 heteroatoms. The van der Waals surface area contributed by atoms with Gasteiger partial charge in [-0.15, -0.1) is 6.58 Å². The monoisotopic (exact) mass is 930 g/mol. The molecule has 0 heterocycles. The number of hydrogen-bond donors (Lipinski definition) is 5. The van der Waals surface area contributed by atoms with Crippen molar-refractivity contribution in [1.29, 1.82) is 0 Å². The predicted octanol–water partition coefficient (Wildman–Crippen LogP) is 5.15. The second-order valence-corrected chi connectivity index (χ2v) is 18.6. The molecule has 22 nitrogen and oxygen atoms in total. The lowest BCUT2D eigenvalue weighted by atomic mass is 10.2. The van der Waals surface area contributed by atoms with Gasteiger partial charge < -0.3 is 30.3 Å². The van der Waals surface area contributed by atoms with E-state index in [-0.39, 0.29) is 38.9 Å². The molecule has 0 fully saturated rings. The first-order valence-electron chi connectivity index (χ1n) is 17.3. The Morgan fingerprint density at radius 1 is 0.783 bits per heavy atom. The van der Waals surface area contributed by atoms with Gasteiger partial charge in [-0.2, -0.15) is 4.31 Å². The number of carbonyl (C=O) groups excluding carboxylic acids is 2. The Bertz CT molecular complexity index is 2040. The van der Waals surface area contributed by atoms with Gasteiger partial charge in [0.15, 0.2) is 9.79 Å². The molecule has 336 valence electrons. The topological polar surface area (TPSA) is 321 Å². The zero-order valence-corrected chi connectivity index (χ0v) is 36.5. The Morgan fingerprint density at radius 3 is 1.53 bits per heavy atom. The molecule has 0 saturated carbocycles. The average Bonchev–Trinajstić information content (AvgIpc) is 3.11. The second-order valence-electron chi connectivity index (χ2n) is 13.9. The standard InChI is InChI=1S/C19H27N3O8S.C9H17ClN2O4.C6H4ClNO4S/c1-5-6-12-21(31(28,29)16-10-8-7-9-15(16)22(26)27)13-11-14(17(23)24)20-18(25)30-19(2,3)4;1-9(2,3)16-8(15)12-6(7(13)14)4-5-11-10;7-13(11,12)6-4-2-1-3-5(6)8(9)10/h5,7-10,14H,1,6,11-13H2,2-4H3,(H,20,25)(H,23,24);6,11H,4-5H2,1-3H3,(H,12,15)(H,13,14);1-4H/t14-;6-;/m00./s1. The van der Waals surface area contributed by atoms with Crippen molar-refractivity contribution in [2.24, 2.45) is 0 Å². The molecule has 0 aliphatic carbocycles. The van der Waals surface area contributed by atoms with Crippen LogP contribution in [0.1, 0.15) is 60.8 Å². The molecule has 0 aliphatic rings. The number of ether oxygens (including phenoxy) is 2. The Labute approximate surface area is 356 Å². The molecule has 2 amide bonds. The zero-order chi connectivity index (χ0) is 46.6. The third-order valence-electron chi connectivity index (χ3n) is 6.76. The highest BCUT2D eigenvalue weighted by molar-refractivity contribution is 8.13. The van der Waals surface area contributed by atoms with Crippen molar-refractivity contribution in [2.45, 2.75) is 93.9 Å². The molecule has 2 aromatic rings. The van der Waals surface area contributed by atoms with Crippen LogP contribution in [0.4, 0.5) is 21.0 Å². The van der Waals surface area contributed by atoms with E-state index in [0.717, 1.165) is 28.6 Å². The molecule has 0 aliphatic heterocycles. The first-order chi connectivity index (χ1) is 27.5. The number of amides is 2. The summed E-state index contributed by atoms with van der Waals surface area (Å²) in [7, 11) is -3.39. The minimum Gasteiger partial charge on any atom is -0.480 e. The van der Waals surface area contributed by atoms with E-state index < -0.39 is 97.5 Å². The molecule has 2 atom stereocenters. The minimum absolute atomic E-state index is 0.0728. The maximum atomic E-state index is 13.1.